The molecule has 1 aromatic carbocycles. The van der Waals surface area contributed by atoms with Crippen molar-refractivity contribution in [2.45, 2.75) is 13.0 Å². The van der Waals surface area contributed by atoms with Gasteiger partial charge in [0, 0.05) is 49.8 Å². The minimum Gasteiger partial charge on any atom is -0.489 e. The molecule has 3 N–H and O–H groups in total. The van der Waals surface area contributed by atoms with Crippen LogP contribution >= 0.6 is 15.9 Å². The molecule has 3 rings (SSSR count). The van der Waals surface area contributed by atoms with Crippen LogP contribution in [0.4, 0.5) is 10.1 Å². The molecule has 164 valence electrons. The van der Waals surface area contributed by atoms with Crippen molar-refractivity contribution in [1.82, 2.24) is 15.6 Å². The zero-order chi connectivity index (χ0) is 22.2. The number of carbonyl (C=O) groups excluding carboxylic acids is 1. The number of methoxy groups -OCH3 is 1. The lowest BCUT2D eigenvalue weighted by Gasteiger charge is -2.24. The van der Waals surface area contributed by atoms with E-state index in [1.807, 2.05) is 6.07 Å². The van der Waals surface area contributed by atoms with E-state index in [9.17, 15) is 9.18 Å². The van der Waals surface area contributed by atoms with Crippen molar-refractivity contribution in [3.8, 4) is 5.75 Å². The topological polar surface area (TPSA) is 84.5 Å². The summed E-state index contributed by atoms with van der Waals surface area (Å²) < 4.78 is 24.9. The monoisotopic (exact) mass is 490 g/mol. The second kappa shape index (κ2) is 10.9. The van der Waals surface area contributed by atoms with Gasteiger partial charge in [-0.2, -0.15) is 0 Å². The number of halogens is 2. The van der Waals surface area contributed by atoms with E-state index in [1.54, 1.807) is 31.6 Å². The first kappa shape index (κ1) is 22.8. The molecule has 0 saturated heterocycles. The summed E-state index contributed by atoms with van der Waals surface area (Å²) >= 11 is 3.22. The van der Waals surface area contributed by atoms with Crippen molar-refractivity contribution >= 4 is 27.5 Å². The maximum Gasteiger partial charge on any atom is 0.255 e. The first-order valence-electron chi connectivity index (χ1n) is 9.71. The quantitative estimate of drug-likeness (QED) is 0.442. The zero-order valence-corrected chi connectivity index (χ0v) is 18.7. The van der Waals surface area contributed by atoms with E-state index in [0.717, 1.165) is 11.3 Å². The highest BCUT2D eigenvalue weighted by Crippen LogP contribution is 2.29. The minimum absolute atomic E-state index is 0.245. The lowest BCUT2D eigenvalue weighted by atomic mass is 10.0. The van der Waals surface area contributed by atoms with Crippen LogP contribution in [0.5, 0.6) is 5.75 Å². The number of rotatable bonds is 10. The highest BCUT2D eigenvalue weighted by Gasteiger charge is 2.23. The Labute approximate surface area is 188 Å². The molecule has 0 radical (unpaired) electrons. The van der Waals surface area contributed by atoms with Crippen LogP contribution in [0.1, 0.15) is 12.0 Å². The van der Waals surface area contributed by atoms with Gasteiger partial charge < -0.3 is 25.4 Å². The Morgan fingerprint density at radius 3 is 3.00 bits per heavy atom. The lowest BCUT2D eigenvalue weighted by molar-refractivity contribution is -0.117. The highest BCUT2D eigenvalue weighted by atomic mass is 79.9. The molecule has 1 aliphatic heterocycles. The summed E-state index contributed by atoms with van der Waals surface area (Å²) in [5, 5.41) is 9.20. The van der Waals surface area contributed by atoms with E-state index in [2.05, 4.69) is 43.4 Å². The Morgan fingerprint density at radius 1 is 1.35 bits per heavy atom. The average Bonchev–Trinajstić information content (AvgIpc) is 2.76. The normalized spacial score (nSPS) is 13.6. The van der Waals surface area contributed by atoms with Crippen molar-refractivity contribution in [3.63, 3.8) is 0 Å². The van der Waals surface area contributed by atoms with Gasteiger partial charge in [0.15, 0.2) is 0 Å². The molecule has 1 amide bonds. The molecule has 1 aromatic heterocycles. The van der Waals surface area contributed by atoms with Gasteiger partial charge in [0.1, 0.15) is 18.2 Å². The molecule has 1 aliphatic rings. The molecule has 9 heteroatoms. The summed E-state index contributed by atoms with van der Waals surface area (Å²) in [6.45, 7) is 5.84. The Kier molecular flexibility index (Phi) is 8.02. The number of anilines is 1. The van der Waals surface area contributed by atoms with Gasteiger partial charge in [0.25, 0.3) is 5.91 Å². The third kappa shape index (κ3) is 5.83. The lowest BCUT2D eigenvalue weighted by Crippen LogP contribution is -2.37. The van der Waals surface area contributed by atoms with Crippen LogP contribution in [-0.4, -0.2) is 37.8 Å². The second-order valence-electron chi connectivity index (χ2n) is 6.74. The number of hydrogen-bond acceptors (Lipinski definition) is 6. The van der Waals surface area contributed by atoms with Crippen molar-refractivity contribution in [3.05, 3.63) is 76.1 Å². The Balaban J connectivity index is 1.78. The summed E-state index contributed by atoms with van der Waals surface area (Å²) in [5.41, 5.74) is 2.90. The summed E-state index contributed by atoms with van der Waals surface area (Å²) in [7, 11) is 1.61. The van der Waals surface area contributed by atoms with Crippen LogP contribution in [0.25, 0.3) is 0 Å². The molecule has 0 saturated carbocycles. The number of nitrogens with one attached hydrogen (secondary N) is 3. The molecule has 7 nitrogen and oxygen atoms in total. The fourth-order valence-electron chi connectivity index (χ4n) is 3.09. The molecule has 0 aliphatic carbocycles. The number of carbonyl (C=O) groups is 1. The first-order chi connectivity index (χ1) is 15.0. The van der Waals surface area contributed by atoms with Gasteiger partial charge in [-0.3, -0.25) is 9.78 Å². The molecule has 0 unspecified atom stereocenters. The van der Waals surface area contributed by atoms with Crippen LogP contribution in [0.3, 0.4) is 0 Å². The van der Waals surface area contributed by atoms with E-state index in [4.69, 9.17) is 9.47 Å². The number of hydrogen-bond donors (Lipinski definition) is 3. The van der Waals surface area contributed by atoms with Gasteiger partial charge >= 0.3 is 0 Å². The van der Waals surface area contributed by atoms with E-state index in [0.29, 0.717) is 55.4 Å². The van der Waals surface area contributed by atoms with Crippen LogP contribution in [-0.2, 0) is 16.1 Å². The van der Waals surface area contributed by atoms with Gasteiger partial charge in [-0.15, -0.1) is 0 Å². The predicted octanol–water partition coefficient (Wildman–Crippen LogP) is 3.50. The van der Waals surface area contributed by atoms with Crippen molar-refractivity contribution in [2.24, 2.45) is 0 Å². The van der Waals surface area contributed by atoms with E-state index >= 15 is 0 Å². The zero-order valence-electron chi connectivity index (χ0n) is 17.1. The largest absolute Gasteiger partial charge is 0.489 e. The van der Waals surface area contributed by atoms with Crippen molar-refractivity contribution in [1.29, 1.82) is 0 Å². The molecule has 0 atom stereocenters. The smallest absolute Gasteiger partial charge is 0.255 e. The molecule has 2 heterocycles. The molecular formula is C22H24BrFN4O3. The molecule has 31 heavy (non-hydrogen) atoms. The highest BCUT2D eigenvalue weighted by molar-refractivity contribution is 9.10. The Bertz CT molecular complexity index is 996. The molecule has 0 fully saturated rings. The Morgan fingerprint density at radius 2 is 2.19 bits per heavy atom. The number of aromatic nitrogens is 1. The van der Waals surface area contributed by atoms with Gasteiger partial charge in [-0.1, -0.05) is 12.6 Å². The van der Waals surface area contributed by atoms with E-state index < -0.39 is 5.82 Å². The number of nitrogens with zero attached hydrogens (tertiary/aromatic N) is 1. The van der Waals surface area contributed by atoms with Gasteiger partial charge in [-0.05, 0) is 34.1 Å². The fourth-order valence-corrected chi connectivity index (χ4v) is 3.46. The SMILES string of the molecule is C=C(Nc1cccc(F)c1Br)C1=C(NCc2ccncc2OCCOC)CCNC1=O. The number of pyridine rings is 1. The van der Waals surface area contributed by atoms with Crippen LogP contribution in [0.15, 0.2) is 64.7 Å². The third-order valence-electron chi connectivity index (χ3n) is 4.64. The summed E-state index contributed by atoms with van der Waals surface area (Å²) in [6, 6.07) is 6.49. The molecule has 2 aromatic rings. The first-order valence-corrected chi connectivity index (χ1v) is 10.5. The third-order valence-corrected chi connectivity index (χ3v) is 5.44. The maximum absolute atomic E-state index is 13.8. The maximum atomic E-state index is 13.8. The molecule has 0 bridgehead atoms. The van der Waals surface area contributed by atoms with Crippen molar-refractivity contribution in [2.75, 3.05) is 32.2 Å². The fraction of sp³-hybridized carbons (Fsp3) is 0.273. The van der Waals surface area contributed by atoms with Crippen LogP contribution < -0.4 is 20.7 Å². The minimum atomic E-state index is -0.406. The summed E-state index contributed by atoms with van der Waals surface area (Å²) in [5.74, 6) is -0.00270. The Hall–Kier alpha value is -2.91. The average molecular weight is 491 g/mol. The second-order valence-corrected chi connectivity index (χ2v) is 7.54. The number of ether oxygens (including phenoxy) is 2. The predicted molar refractivity (Wildman–Crippen MR) is 120 cm³/mol. The summed E-state index contributed by atoms with van der Waals surface area (Å²) in [6.07, 6.45) is 3.94. The van der Waals surface area contributed by atoms with Gasteiger partial charge in [0.2, 0.25) is 0 Å². The van der Waals surface area contributed by atoms with Crippen LogP contribution in [0, 0.1) is 5.82 Å². The summed E-state index contributed by atoms with van der Waals surface area (Å²) in [4.78, 5) is 16.7. The molecule has 0 spiro atoms. The van der Waals surface area contributed by atoms with Gasteiger partial charge in [-0.25, -0.2) is 4.39 Å². The van der Waals surface area contributed by atoms with Crippen molar-refractivity contribution < 1.29 is 18.7 Å². The van der Waals surface area contributed by atoms with Gasteiger partial charge in [0.05, 0.1) is 28.5 Å². The number of benzene rings is 1. The standard InChI is InChI=1S/C22H24BrFN4O3/c1-14(28-18-5-3-4-16(24)21(18)23)20-17(7-9-26-22(20)29)27-12-15-6-8-25-13-19(15)31-11-10-30-2/h3-6,8,13,27-28H,1,7,9-12H2,2H3,(H,26,29). The van der Waals surface area contributed by atoms with Crippen LogP contribution in [0.2, 0.25) is 0 Å². The number of amides is 1. The van der Waals surface area contributed by atoms with E-state index in [1.165, 1.54) is 6.07 Å². The van der Waals surface area contributed by atoms with E-state index in [-0.39, 0.29) is 10.4 Å². The molecular weight excluding hydrogens is 467 g/mol.